The maximum atomic E-state index is 5.53. The van der Waals surface area contributed by atoms with Gasteiger partial charge in [-0.05, 0) is 12.1 Å². The van der Waals surface area contributed by atoms with E-state index in [2.05, 4.69) is 20.7 Å². The van der Waals surface area contributed by atoms with Crippen LogP contribution >= 0.6 is 0 Å². The van der Waals surface area contributed by atoms with E-state index < -0.39 is 0 Å². The summed E-state index contributed by atoms with van der Waals surface area (Å²) in [6.45, 7) is 0. The van der Waals surface area contributed by atoms with Gasteiger partial charge in [0.25, 0.3) is 5.95 Å². The Morgan fingerprint density at radius 2 is 2.21 bits per heavy atom. The third-order valence-electron chi connectivity index (χ3n) is 2.38. The molecular formula is C11H14N6O2. The standard InChI is InChI=1S/C11H14N6O2/c1-18-9-4-3-8(10(5-9)19-2)6-13-15-11-16-14-7-17(11)12/h3-7H,12H2,1-2H3,(H,15,16)/b13-6+. The van der Waals surface area contributed by atoms with Crippen molar-refractivity contribution in [1.29, 1.82) is 0 Å². The number of benzene rings is 1. The number of nitrogen functional groups attached to an aromatic ring is 1. The van der Waals surface area contributed by atoms with Crippen molar-refractivity contribution < 1.29 is 9.47 Å². The zero-order valence-corrected chi connectivity index (χ0v) is 10.6. The lowest BCUT2D eigenvalue weighted by molar-refractivity contribution is 0.394. The Kier molecular flexibility index (Phi) is 3.81. The maximum Gasteiger partial charge on any atom is 0.263 e. The fourth-order valence-corrected chi connectivity index (χ4v) is 1.41. The normalized spacial score (nSPS) is 10.6. The number of hydrogen-bond acceptors (Lipinski definition) is 7. The van der Waals surface area contributed by atoms with E-state index >= 15 is 0 Å². The van der Waals surface area contributed by atoms with Crippen LogP contribution in [0.4, 0.5) is 5.95 Å². The van der Waals surface area contributed by atoms with Crippen molar-refractivity contribution in [3.05, 3.63) is 30.1 Å². The van der Waals surface area contributed by atoms with Crippen LogP contribution in [0.1, 0.15) is 5.56 Å². The molecule has 0 aliphatic rings. The first-order valence-corrected chi connectivity index (χ1v) is 5.41. The van der Waals surface area contributed by atoms with E-state index in [1.54, 1.807) is 26.5 Å². The van der Waals surface area contributed by atoms with E-state index in [-0.39, 0.29) is 0 Å². The van der Waals surface area contributed by atoms with Crippen molar-refractivity contribution in [2.24, 2.45) is 5.10 Å². The molecule has 0 amide bonds. The molecule has 2 aromatic rings. The Hall–Kier alpha value is -2.77. The number of nitrogens with two attached hydrogens (primary N) is 1. The summed E-state index contributed by atoms with van der Waals surface area (Å²) in [4.78, 5) is 0. The van der Waals surface area contributed by atoms with Gasteiger partial charge in [-0.25, -0.2) is 10.1 Å². The summed E-state index contributed by atoms with van der Waals surface area (Å²) in [7, 11) is 3.17. The Morgan fingerprint density at radius 1 is 1.37 bits per heavy atom. The lowest BCUT2D eigenvalue weighted by Crippen LogP contribution is -2.10. The third kappa shape index (κ3) is 2.92. The van der Waals surface area contributed by atoms with Crippen LogP contribution in [0.2, 0.25) is 0 Å². The first kappa shape index (κ1) is 12.7. The van der Waals surface area contributed by atoms with Gasteiger partial charge >= 0.3 is 0 Å². The molecule has 19 heavy (non-hydrogen) atoms. The van der Waals surface area contributed by atoms with E-state index in [0.29, 0.717) is 17.4 Å². The van der Waals surface area contributed by atoms with Crippen LogP contribution in [-0.4, -0.2) is 35.3 Å². The molecule has 0 aliphatic heterocycles. The van der Waals surface area contributed by atoms with Crippen molar-refractivity contribution in [1.82, 2.24) is 14.9 Å². The van der Waals surface area contributed by atoms with Gasteiger partial charge in [-0.3, -0.25) is 0 Å². The predicted octanol–water partition coefficient (Wildman–Crippen LogP) is 0.455. The Morgan fingerprint density at radius 3 is 2.84 bits per heavy atom. The van der Waals surface area contributed by atoms with Crippen LogP contribution in [-0.2, 0) is 0 Å². The molecule has 1 aromatic heterocycles. The highest BCUT2D eigenvalue weighted by atomic mass is 16.5. The molecule has 8 heteroatoms. The van der Waals surface area contributed by atoms with Gasteiger partial charge in [0, 0.05) is 11.6 Å². The van der Waals surface area contributed by atoms with Crippen LogP contribution in [0.15, 0.2) is 29.6 Å². The van der Waals surface area contributed by atoms with Gasteiger partial charge in [0.1, 0.15) is 17.8 Å². The molecule has 0 aliphatic carbocycles. The minimum absolute atomic E-state index is 0.337. The number of nitrogens with zero attached hydrogens (tertiary/aromatic N) is 4. The molecule has 8 nitrogen and oxygen atoms in total. The van der Waals surface area contributed by atoms with Gasteiger partial charge in [0.2, 0.25) is 0 Å². The highest BCUT2D eigenvalue weighted by Crippen LogP contribution is 2.23. The molecular weight excluding hydrogens is 248 g/mol. The maximum absolute atomic E-state index is 5.53. The molecule has 1 heterocycles. The average Bonchev–Trinajstić information content (AvgIpc) is 2.84. The van der Waals surface area contributed by atoms with E-state index in [1.807, 2.05) is 12.1 Å². The number of methoxy groups -OCH3 is 2. The summed E-state index contributed by atoms with van der Waals surface area (Å²) < 4.78 is 11.6. The summed E-state index contributed by atoms with van der Waals surface area (Å²) in [5.41, 5.74) is 3.46. The zero-order valence-electron chi connectivity index (χ0n) is 10.6. The second-order valence-corrected chi connectivity index (χ2v) is 3.54. The van der Waals surface area contributed by atoms with Crippen LogP contribution in [0.3, 0.4) is 0 Å². The monoisotopic (exact) mass is 262 g/mol. The van der Waals surface area contributed by atoms with E-state index in [4.69, 9.17) is 15.3 Å². The van der Waals surface area contributed by atoms with Crippen molar-refractivity contribution >= 4 is 12.2 Å². The molecule has 0 spiro atoms. The molecule has 0 saturated heterocycles. The number of anilines is 1. The molecule has 2 rings (SSSR count). The lowest BCUT2D eigenvalue weighted by atomic mass is 10.2. The number of hydrazone groups is 1. The van der Waals surface area contributed by atoms with Crippen LogP contribution in [0.5, 0.6) is 11.5 Å². The molecule has 0 fully saturated rings. The number of rotatable bonds is 5. The predicted molar refractivity (Wildman–Crippen MR) is 70.9 cm³/mol. The van der Waals surface area contributed by atoms with Gasteiger partial charge in [0.05, 0.1) is 20.4 Å². The molecule has 0 saturated carbocycles. The first-order chi connectivity index (χ1) is 9.24. The second kappa shape index (κ2) is 5.71. The van der Waals surface area contributed by atoms with Gasteiger partial charge in [-0.15, -0.1) is 10.2 Å². The summed E-state index contributed by atoms with van der Waals surface area (Å²) in [6.07, 6.45) is 2.96. The van der Waals surface area contributed by atoms with Gasteiger partial charge in [-0.1, -0.05) is 0 Å². The van der Waals surface area contributed by atoms with Crippen molar-refractivity contribution in [3.8, 4) is 11.5 Å². The minimum Gasteiger partial charge on any atom is -0.497 e. The number of nitrogens with one attached hydrogen (secondary N) is 1. The van der Waals surface area contributed by atoms with Gasteiger partial charge < -0.3 is 15.3 Å². The smallest absolute Gasteiger partial charge is 0.263 e. The largest absolute Gasteiger partial charge is 0.497 e. The summed E-state index contributed by atoms with van der Waals surface area (Å²) >= 11 is 0. The van der Waals surface area contributed by atoms with Gasteiger partial charge in [-0.2, -0.15) is 5.10 Å². The van der Waals surface area contributed by atoms with Crippen molar-refractivity contribution in [2.75, 3.05) is 25.5 Å². The van der Waals surface area contributed by atoms with Crippen LogP contribution < -0.4 is 20.7 Å². The second-order valence-electron chi connectivity index (χ2n) is 3.54. The fourth-order valence-electron chi connectivity index (χ4n) is 1.41. The van der Waals surface area contributed by atoms with Crippen molar-refractivity contribution in [3.63, 3.8) is 0 Å². The Balaban J connectivity index is 2.12. The average molecular weight is 262 g/mol. The zero-order chi connectivity index (χ0) is 13.7. The number of aromatic nitrogens is 3. The highest BCUT2D eigenvalue weighted by Gasteiger charge is 2.03. The highest BCUT2D eigenvalue weighted by molar-refractivity contribution is 5.84. The molecule has 0 bridgehead atoms. The SMILES string of the molecule is COc1ccc(/C=N/Nc2nncn2N)c(OC)c1. The number of ether oxygens (including phenoxy) is 2. The van der Waals surface area contributed by atoms with Crippen LogP contribution in [0, 0.1) is 0 Å². The molecule has 1 aromatic carbocycles. The van der Waals surface area contributed by atoms with E-state index in [9.17, 15) is 0 Å². The fraction of sp³-hybridized carbons (Fsp3) is 0.182. The Bertz CT molecular complexity index is 580. The molecule has 0 unspecified atom stereocenters. The van der Waals surface area contributed by atoms with E-state index in [0.717, 1.165) is 5.56 Å². The summed E-state index contributed by atoms with van der Waals surface area (Å²) in [5.74, 6) is 7.23. The lowest BCUT2D eigenvalue weighted by Gasteiger charge is -2.06. The molecule has 100 valence electrons. The first-order valence-electron chi connectivity index (χ1n) is 5.41. The summed E-state index contributed by atoms with van der Waals surface area (Å²) in [5, 5.41) is 11.4. The molecule has 0 atom stereocenters. The minimum atomic E-state index is 0.337. The van der Waals surface area contributed by atoms with E-state index in [1.165, 1.54) is 11.0 Å². The van der Waals surface area contributed by atoms with Crippen LogP contribution in [0.25, 0.3) is 0 Å². The topological polar surface area (TPSA) is 99.6 Å². The number of hydrogen-bond donors (Lipinski definition) is 2. The van der Waals surface area contributed by atoms with Crippen molar-refractivity contribution in [2.45, 2.75) is 0 Å². The quantitative estimate of drug-likeness (QED) is 0.461. The Labute approximate surface area is 109 Å². The molecule has 0 radical (unpaired) electrons. The molecule has 3 N–H and O–H groups in total. The third-order valence-corrected chi connectivity index (χ3v) is 2.38. The van der Waals surface area contributed by atoms with Gasteiger partial charge in [0.15, 0.2) is 0 Å². The summed E-state index contributed by atoms with van der Waals surface area (Å²) in [6, 6.07) is 5.41.